The van der Waals surface area contributed by atoms with Crippen LogP contribution in [0.5, 0.6) is 0 Å². The monoisotopic (exact) mass is 241 g/mol. The third kappa shape index (κ3) is 1.85. The summed E-state index contributed by atoms with van der Waals surface area (Å²) < 4.78 is 25.5. The highest BCUT2D eigenvalue weighted by atomic mass is 32.2. The van der Waals surface area contributed by atoms with Crippen LogP contribution < -0.4 is 14.9 Å². The largest absolute Gasteiger partial charge is 0.382 e. The van der Waals surface area contributed by atoms with E-state index in [9.17, 15) is 8.42 Å². The molecule has 0 bridgehead atoms. The van der Waals surface area contributed by atoms with Crippen LogP contribution in [-0.2, 0) is 10.0 Å². The molecule has 0 amide bonds. The second-order valence-corrected chi connectivity index (χ2v) is 5.62. The maximum Gasteiger partial charge on any atom is 0.240 e. The highest BCUT2D eigenvalue weighted by molar-refractivity contribution is 7.89. The van der Waals surface area contributed by atoms with Gasteiger partial charge in [-0.25, -0.2) is 13.1 Å². The SMILES string of the molecule is CNS(=O)(=O)c1ccc2c(c1)NCCN2C. The number of nitrogens with one attached hydrogen (secondary N) is 2. The second-order valence-electron chi connectivity index (χ2n) is 3.73. The van der Waals surface area contributed by atoms with Crippen LogP contribution in [0.4, 0.5) is 11.4 Å². The van der Waals surface area contributed by atoms with Gasteiger partial charge in [0.05, 0.1) is 16.3 Å². The Hall–Kier alpha value is -1.27. The Morgan fingerprint density at radius 1 is 1.44 bits per heavy atom. The lowest BCUT2D eigenvalue weighted by atomic mass is 10.2. The molecule has 0 spiro atoms. The molecule has 0 radical (unpaired) electrons. The van der Waals surface area contributed by atoms with Gasteiger partial charge in [0.1, 0.15) is 0 Å². The maximum absolute atomic E-state index is 11.6. The zero-order valence-electron chi connectivity index (χ0n) is 9.32. The van der Waals surface area contributed by atoms with Gasteiger partial charge in [0.25, 0.3) is 0 Å². The lowest BCUT2D eigenvalue weighted by molar-refractivity contribution is 0.588. The van der Waals surface area contributed by atoms with E-state index in [2.05, 4.69) is 14.9 Å². The van der Waals surface area contributed by atoms with Gasteiger partial charge in [0.2, 0.25) is 10.0 Å². The summed E-state index contributed by atoms with van der Waals surface area (Å²) in [4.78, 5) is 2.39. The Bertz CT molecular complexity index is 499. The summed E-state index contributed by atoms with van der Waals surface area (Å²) in [6, 6.07) is 5.11. The Balaban J connectivity index is 2.47. The van der Waals surface area contributed by atoms with Gasteiger partial charge in [0, 0.05) is 20.1 Å². The summed E-state index contributed by atoms with van der Waals surface area (Å²) in [7, 11) is 0.0454. The Morgan fingerprint density at radius 2 is 2.19 bits per heavy atom. The summed E-state index contributed by atoms with van der Waals surface area (Å²) in [5.41, 5.74) is 1.89. The fourth-order valence-electron chi connectivity index (χ4n) is 1.75. The van der Waals surface area contributed by atoms with Crippen molar-refractivity contribution in [1.29, 1.82) is 0 Å². The first-order valence-electron chi connectivity index (χ1n) is 5.07. The zero-order chi connectivity index (χ0) is 11.8. The molecule has 0 fully saturated rings. The van der Waals surface area contributed by atoms with Crippen molar-refractivity contribution in [2.24, 2.45) is 0 Å². The highest BCUT2D eigenvalue weighted by Gasteiger charge is 2.17. The van der Waals surface area contributed by atoms with Gasteiger partial charge in [0.15, 0.2) is 0 Å². The summed E-state index contributed by atoms with van der Waals surface area (Å²) in [5, 5.41) is 3.20. The molecule has 5 nitrogen and oxygen atoms in total. The van der Waals surface area contributed by atoms with Crippen LogP contribution in [0.1, 0.15) is 0 Å². The Labute approximate surface area is 95.5 Å². The molecule has 16 heavy (non-hydrogen) atoms. The first-order chi connectivity index (χ1) is 7.54. The van der Waals surface area contributed by atoms with Crippen LogP contribution in [0.3, 0.4) is 0 Å². The zero-order valence-corrected chi connectivity index (χ0v) is 10.1. The quantitative estimate of drug-likeness (QED) is 0.789. The van der Waals surface area contributed by atoms with Crippen molar-refractivity contribution in [1.82, 2.24) is 4.72 Å². The minimum absolute atomic E-state index is 0.288. The fraction of sp³-hybridized carbons (Fsp3) is 0.400. The summed E-state index contributed by atoms with van der Waals surface area (Å²) in [6.45, 7) is 1.75. The minimum Gasteiger partial charge on any atom is -0.382 e. The molecule has 2 N–H and O–H groups in total. The van der Waals surface area contributed by atoms with Gasteiger partial charge in [-0.05, 0) is 25.2 Å². The van der Waals surface area contributed by atoms with E-state index in [1.165, 1.54) is 7.05 Å². The molecule has 6 heteroatoms. The number of hydrogen-bond acceptors (Lipinski definition) is 4. The van der Waals surface area contributed by atoms with Crippen molar-refractivity contribution >= 4 is 21.4 Å². The lowest BCUT2D eigenvalue weighted by Gasteiger charge is -2.28. The standard InChI is InChI=1S/C10H15N3O2S/c1-11-16(14,15)8-3-4-10-9(7-8)12-5-6-13(10)2/h3-4,7,11-12H,5-6H2,1-2H3. The molecule has 2 rings (SSSR count). The number of likely N-dealkylation sites (N-methyl/N-ethyl adjacent to an activating group) is 1. The average Bonchev–Trinajstić information content (AvgIpc) is 2.29. The van der Waals surface area contributed by atoms with E-state index in [0.29, 0.717) is 0 Å². The first-order valence-corrected chi connectivity index (χ1v) is 6.55. The molecule has 0 saturated heterocycles. The van der Waals surface area contributed by atoms with Crippen LogP contribution in [0, 0.1) is 0 Å². The van der Waals surface area contributed by atoms with E-state index in [4.69, 9.17) is 0 Å². The maximum atomic E-state index is 11.6. The van der Waals surface area contributed by atoms with Crippen LogP contribution >= 0.6 is 0 Å². The smallest absolute Gasteiger partial charge is 0.240 e. The fourth-order valence-corrected chi connectivity index (χ4v) is 2.51. The van der Waals surface area contributed by atoms with Crippen molar-refractivity contribution in [3.63, 3.8) is 0 Å². The molecule has 0 aromatic heterocycles. The van der Waals surface area contributed by atoms with E-state index in [1.54, 1.807) is 12.1 Å². The molecular formula is C10H15N3O2S. The van der Waals surface area contributed by atoms with Crippen LogP contribution in [-0.4, -0.2) is 35.6 Å². The molecule has 0 atom stereocenters. The van der Waals surface area contributed by atoms with Gasteiger partial charge in [-0.15, -0.1) is 0 Å². The van der Waals surface area contributed by atoms with Crippen molar-refractivity contribution in [3.05, 3.63) is 18.2 Å². The molecule has 1 heterocycles. The first kappa shape index (κ1) is 11.2. The van der Waals surface area contributed by atoms with Gasteiger partial charge in [-0.1, -0.05) is 0 Å². The van der Waals surface area contributed by atoms with Gasteiger partial charge < -0.3 is 10.2 Å². The normalized spacial score (nSPS) is 15.5. The van der Waals surface area contributed by atoms with Crippen LogP contribution in [0.25, 0.3) is 0 Å². The van der Waals surface area contributed by atoms with Gasteiger partial charge in [-0.2, -0.15) is 0 Å². The number of rotatable bonds is 2. The van der Waals surface area contributed by atoms with Crippen LogP contribution in [0.2, 0.25) is 0 Å². The molecule has 1 aromatic rings. The third-order valence-electron chi connectivity index (χ3n) is 2.72. The Morgan fingerprint density at radius 3 is 2.88 bits per heavy atom. The van der Waals surface area contributed by atoms with Crippen molar-refractivity contribution < 1.29 is 8.42 Å². The molecule has 1 aliphatic rings. The molecule has 88 valence electrons. The number of benzene rings is 1. The number of nitrogens with zero attached hydrogens (tertiary/aromatic N) is 1. The minimum atomic E-state index is -3.36. The van der Waals surface area contributed by atoms with E-state index in [-0.39, 0.29) is 4.90 Å². The average molecular weight is 241 g/mol. The number of hydrogen-bond donors (Lipinski definition) is 2. The molecule has 0 aliphatic carbocycles. The topological polar surface area (TPSA) is 61.4 Å². The van der Waals surface area contributed by atoms with Crippen LogP contribution in [0.15, 0.2) is 23.1 Å². The molecule has 0 unspecified atom stereocenters. The summed E-state index contributed by atoms with van der Waals surface area (Å²) >= 11 is 0. The number of fused-ring (bicyclic) bond motifs is 1. The number of sulfonamides is 1. The van der Waals surface area contributed by atoms with Crippen molar-refractivity contribution in [3.8, 4) is 0 Å². The molecule has 1 aliphatic heterocycles. The molecular weight excluding hydrogens is 226 g/mol. The lowest BCUT2D eigenvalue weighted by Crippen LogP contribution is -2.30. The third-order valence-corrected chi connectivity index (χ3v) is 4.13. The highest BCUT2D eigenvalue weighted by Crippen LogP contribution is 2.30. The summed E-state index contributed by atoms with van der Waals surface area (Å²) in [6.07, 6.45) is 0. The Kier molecular flexibility index (Phi) is 2.77. The van der Waals surface area contributed by atoms with Crippen molar-refractivity contribution in [2.75, 3.05) is 37.4 Å². The molecule has 1 aromatic carbocycles. The van der Waals surface area contributed by atoms with Crippen molar-refractivity contribution in [2.45, 2.75) is 4.90 Å². The molecule has 0 saturated carbocycles. The van der Waals surface area contributed by atoms with Gasteiger partial charge in [-0.3, -0.25) is 0 Å². The van der Waals surface area contributed by atoms with E-state index >= 15 is 0 Å². The van der Waals surface area contributed by atoms with E-state index in [0.717, 1.165) is 24.5 Å². The van der Waals surface area contributed by atoms with E-state index < -0.39 is 10.0 Å². The summed E-state index contributed by atoms with van der Waals surface area (Å²) in [5.74, 6) is 0. The van der Waals surface area contributed by atoms with E-state index in [1.807, 2.05) is 13.1 Å². The number of anilines is 2. The predicted molar refractivity (Wildman–Crippen MR) is 64.4 cm³/mol. The second kappa shape index (κ2) is 3.95. The van der Waals surface area contributed by atoms with Gasteiger partial charge >= 0.3 is 0 Å². The predicted octanol–water partition coefficient (Wildman–Crippen LogP) is 0.456.